The van der Waals surface area contributed by atoms with Crippen LogP contribution in [-0.2, 0) is 0 Å². The van der Waals surface area contributed by atoms with Crippen molar-refractivity contribution in [3.8, 4) is 11.3 Å². The van der Waals surface area contributed by atoms with Crippen molar-refractivity contribution in [1.82, 2.24) is 10.1 Å². The van der Waals surface area contributed by atoms with E-state index in [0.29, 0.717) is 10.7 Å². The van der Waals surface area contributed by atoms with Gasteiger partial charge in [0.2, 0.25) is 5.88 Å². The van der Waals surface area contributed by atoms with Crippen molar-refractivity contribution in [3.63, 3.8) is 0 Å². The molecule has 4 nitrogen and oxygen atoms in total. The largest absolute Gasteiger partial charge is 0.368 e. The third-order valence-electron chi connectivity index (χ3n) is 2.44. The molecule has 0 spiro atoms. The van der Waals surface area contributed by atoms with Gasteiger partial charge in [-0.2, -0.15) is 0 Å². The maximum Gasteiger partial charge on any atom is 0.222 e. The number of hydrogen-bond acceptors (Lipinski definition) is 3. The number of fused-ring (bicyclic) bond motifs is 1. The molecule has 0 atom stereocenters. The second kappa shape index (κ2) is 3.28. The number of halogens is 1. The summed E-state index contributed by atoms with van der Waals surface area (Å²) < 4.78 is 4.83. The Morgan fingerprint density at radius 2 is 2.19 bits per heavy atom. The molecule has 5 heteroatoms. The van der Waals surface area contributed by atoms with Gasteiger partial charge in [-0.3, -0.25) is 0 Å². The van der Waals surface area contributed by atoms with Gasteiger partial charge in [0.25, 0.3) is 0 Å². The Hall–Kier alpha value is -1.94. The molecule has 80 valence electrons. The van der Waals surface area contributed by atoms with E-state index in [2.05, 4.69) is 10.1 Å². The van der Waals surface area contributed by atoms with Crippen LogP contribution in [0.3, 0.4) is 0 Å². The van der Waals surface area contributed by atoms with Gasteiger partial charge in [-0.1, -0.05) is 16.8 Å². The number of H-pyrrole nitrogens is 1. The van der Waals surface area contributed by atoms with E-state index in [0.717, 1.165) is 16.5 Å². The lowest BCUT2D eigenvalue weighted by Crippen LogP contribution is -1.79. The van der Waals surface area contributed by atoms with Gasteiger partial charge >= 0.3 is 0 Å². The minimum absolute atomic E-state index is 0.290. The first-order chi connectivity index (χ1) is 7.74. The van der Waals surface area contributed by atoms with E-state index in [4.69, 9.17) is 21.9 Å². The molecule has 2 heterocycles. The Morgan fingerprint density at radius 3 is 2.94 bits per heavy atom. The van der Waals surface area contributed by atoms with Gasteiger partial charge in [0.15, 0.2) is 0 Å². The van der Waals surface area contributed by atoms with Crippen LogP contribution >= 0.6 is 11.6 Å². The van der Waals surface area contributed by atoms with E-state index in [1.165, 1.54) is 0 Å². The van der Waals surface area contributed by atoms with E-state index in [-0.39, 0.29) is 5.88 Å². The summed E-state index contributed by atoms with van der Waals surface area (Å²) in [5, 5.41) is 5.51. The highest BCUT2D eigenvalue weighted by atomic mass is 35.5. The molecule has 3 N–H and O–H groups in total. The molecular formula is C11H8ClN3O. The number of rotatable bonds is 1. The van der Waals surface area contributed by atoms with Crippen LogP contribution in [-0.4, -0.2) is 10.1 Å². The second-order valence-electron chi connectivity index (χ2n) is 3.51. The van der Waals surface area contributed by atoms with Gasteiger partial charge in [0.05, 0.1) is 5.02 Å². The number of nitrogens with two attached hydrogens (primary N) is 1. The lowest BCUT2D eigenvalue weighted by molar-refractivity contribution is 0.439. The quantitative estimate of drug-likeness (QED) is 0.679. The molecule has 3 rings (SSSR count). The molecule has 0 amide bonds. The molecular weight excluding hydrogens is 226 g/mol. The molecule has 16 heavy (non-hydrogen) atoms. The molecule has 1 aromatic carbocycles. The van der Waals surface area contributed by atoms with Crippen LogP contribution in [0.2, 0.25) is 5.02 Å². The topological polar surface area (TPSA) is 67.8 Å². The Labute approximate surface area is 96.0 Å². The molecule has 0 bridgehead atoms. The molecule has 2 aromatic heterocycles. The summed E-state index contributed by atoms with van der Waals surface area (Å²) in [6.45, 7) is 0. The highest BCUT2D eigenvalue weighted by Crippen LogP contribution is 2.30. The smallest absolute Gasteiger partial charge is 0.222 e. The maximum atomic E-state index is 6.15. The van der Waals surface area contributed by atoms with E-state index in [1.807, 2.05) is 24.4 Å². The van der Waals surface area contributed by atoms with Gasteiger partial charge in [-0.25, -0.2) is 0 Å². The molecule has 0 saturated heterocycles. The number of nitrogen functional groups attached to an aromatic ring is 1. The monoisotopic (exact) mass is 233 g/mol. The van der Waals surface area contributed by atoms with Crippen LogP contribution in [0.15, 0.2) is 35.0 Å². The maximum absolute atomic E-state index is 6.15. The van der Waals surface area contributed by atoms with Crippen LogP contribution < -0.4 is 5.73 Å². The normalized spacial score (nSPS) is 11.1. The highest BCUT2D eigenvalue weighted by molar-refractivity contribution is 6.35. The predicted molar refractivity (Wildman–Crippen MR) is 63.2 cm³/mol. The first-order valence-electron chi connectivity index (χ1n) is 4.73. The SMILES string of the molecule is Nc1cc(-c2cc(Cl)c3cc[nH]c3c2)no1. The minimum Gasteiger partial charge on any atom is -0.368 e. The van der Waals surface area contributed by atoms with Gasteiger partial charge in [-0.05, 0) is 18.2 Å². The molecule has 0 unspecified atom stereocenters. The number of nitrogens with one attached hydrogen (secondary N) is 1. The average molecular weight is 234 g/mol. The highest BCUT2D eigenvalue weighted by Gasteiger charge is 2.08. The van der Waals surface area contributed by atoms with Crippen molar-refractivity contribution in [2.75, 3.05) is 5.73 Å². The molecule has 0 saturated carbocycles. The van der Waals surface area contributed by atoms with Crippen molar-refractivity contribution in [2.45, 2.75) is 0 Å². The second-order valence-corrected chi connectivity index (χ2v) is 3.92. The zero-order chi connectivity index (χ0) is 11.1. The average Bonchev–Trinajstić information content (AvgIpc) is 2.85. The van der Waals surface area contributed by atoms with Gasteiger partial charge in [0.1, 0.15) is 5.69 Å². The van der Waals surface area contributed by atoms with Crippen LogP contribution in [0.25, 0.3) is 22.2 Å². The van der Waals surface area contributed by atoms with Crippen LogP contribution in [0.4, 0.5) is 5.88 Å². The first kappa shape index (κ1) is 9.30. The van der Waals surface area contributed by atoms with Gasteiger partial charge < -0.3 is 15.2 Å². The zero-order valence-corrected chi connectivity index (χ0v) is 8.95. The number of aromatic nitrogens is 2. The fourth-order valence-electron chi connectivity index (χ4n) is 1.69. The molecule has 0 aliphatic carbocycles. The predicted octanol–water partition coefficient (Wildman–Crippen LogP) is 3.06. The molecule has 0 fully saturated rings. The van der Waals surface area contributed by atoms with Crippen molar-refractivity contribution in [1.29, 1.82) is 0 Å². The Kier molecular flexibility index (Phi) is 1.91. The first-order valence-corrected chi connectivity index (χ1v) is 5.11. The van der Waals surface area contributed by atoms with Crippen molar-refractivity contribution < 1.29 is 4.52 Å². The summed E-state index contributed by atoms with van der Waals surface area (Å²) in [6.07, 6.45) is 1.84. The Morgan fingerprint density at radius 1 is 1.31 bits per heavy atom. The summed E-state index contributed by atoms with van der Waals surface area (Å²) in [7, 11) is 0. The zero-order valence-electron chi connectivity index (χ0n) is 8.20. The molecule has 3 aromatic rings. The standard InChI is InChI=1S/C11H8ClN3O/c12-8-3-6(9-5-11(13)16-15-9)4-10-7(8)1-2-14-10/h1-5,14H,13H2. The third-order valence-corrected chi connectivity index (χ3v) is 2.76. The van der Waals surface area contributed by atoms with E-state index in [9.17, 15) is 0 Å². The summed E-state index contributed by atoms with van der Waals surface area (Å²) in [4.78, 5) is 3.10. The van der Waals surface area contributed by atoms with Crippen LogP contribution in [0.5, 0.6) is 0 Å². The molecule has 0 radical (unpaired) electrons. The number of anilines is 1. The van der Waals surface area contributed by atoms with Gasteiger partial charge in [0, 0.05) is 28.7 Å². The lowest BCUT2D eigenvalue weighted by Gasteiger charge is -1.99. The lowest BCUT2D eigenvalue weighted by atomic mass is 10.1. The van der Waals surface area contributed by atoms with Crippen molar-refractivity contribution in [2.24, 2.45) is 0 Å². The van der Waals surface area contributed by atoms with Crippen LogP contribution in [0, 0.1) is 0 Å². The summed E-state index contributed by atoms with van der Waals surface area (Å²) in [5.41, 5.74) is 7.99. The van der Waals surface area contributed by atoms with E-state index >= 15 is 0 Å². The molecule has 0 aliphatic heterocycles. The minimum atomic E-state index is 0.290. The van der Waals surface area contributed by atoms with Crippen LogP contribution in [0.1, 0.15) is 0 Å². The van der Waals surface area contributed by atoms with E-state index < -0.39 is 0 Å². The number of hydrogen-bond donors (Lipinski definition) is 2. The van der Waals surface area contributed by atoms with Crippen molar-refractivity contribution >= 4 is 28.4 Å². The summed E-state index contributed by atoms with van der Waals surface area (Å²) in [5.74, 6) is 0.290. The summed E-state index contributed by atoms with van der Waals surface area (Å²) >= 11 is 6.15. The third kappa shape index (κ3) is 1.35. The fraction of sp³-hybridized carbons (Fsp3) is 0. The van der Waals surface area contributed by atoms with Crippen molar-refractivity contribution in [3.05, 3.63) is 35.5 Å². The number of nitrogens with zero attached hydrogens (tertiary/aromatic N) is 1. The fourth-order valence-corrected chi connectivity index (χ4v) is 1.98. The number of benzene rings is 1. The van der Waals surface area contributed by atoms with E-state index in [1.54, 1.807) is 6.07 Å². The van der Waals surface area contributed by atoms with Gasteiger partial charge in [-0.15, -0.1) is 0 Å². The Bertz CT molecular complexity index is 656. The molecule has 0 aliphatic rings. The summed E-state index contributed by atoms with van der Waals surface area (Å²) in [6, 6.07) is 7.40. The Balaban J connectivity index is 2.24. The number of aromatic amines is 1.